The van der Waals surface area contributed by atoms with Crippen LogP contribution in [0.4, 0.5) is 5.69 Å². The molecule has 2 amide bonds. The van der Waals surface area contributed by atoms with E-state index in [1.165, 1.54) is 30.2 Å². The molecular formula is C35H37BrClN3O5S. The Labute approximate surface area is 284 Å². The molecule has 11 heteroatoms. The molecule has 0 fully saturated rings. The molecule has 0 aliphatic rings. The zero-order valence-corrected chi connectivity index (χ0v) is 29.3. The predicted octanol–water partition coefficient (Wildman–Crippen LogP) is 6.86. The van der Waals surface area contributed by atoms with Crippen molar-refractivity contribution >= 4 is 55.1 Å². The summed E-state index contributed by atoms with van der Waals surface area (Å²) in [6, 6.07) is 28.2. The molecule has 0 heterocycles. The molecule has 0 saturated heterocycles. The Morgan fingerprint density at radius 1 is 0.891 bits per heavy atom. The van der Waals surface area contributed by atoms with Gasteiger partial charge in [-0.25, -0.2) is 8.42 Å². The van der Waals surface area contributed by atoms with Gasteiger partial charge in [0, 0.05) is 28.0 Å². The average Bonchev–Trinajstić information content (AvgIpc) is 3.02. The molecule has 8 nitrogen and oxygen atoms in total. The molecule has 0 unspecified atom stereocenters. The monoisotopic (exact) mass is 725 g/mol. The summed E-state index contributed by atoms with van der Waals surface area (Å²) in [6.07, 6.45) is 0.205. The minimum Gasteiger partial charge on any atom is -0.495 e. The van der Waals surface area contributed by atoms with Gasteiger partial charge in [0.1, 0.15) is 18.3 Å². The molecule has 46 heavy (non-hydrogen) atoms. The lowest BCUT2D eigenvalue weighted by Gasteiger charge is -2.35. The van der Waals surface area contributed by atoms with E-state index >= 15 is 0 Å². The van der Waals surface area contributed by atoms with Gasteiger partial charge in [0.05, 0.1) is 17.7 Å². The number of methoxy groups -OCH3 is 1. The molecule has 4 aromatic rings. The first-order chi connectivity index (χ1) is 21.8. The van der Waals surface area contributed by atoms with Crippen molar-refractivity contribution < 1.29 is 22.7 Å². The second kappa shape index (κ2) is 15.2. The number of ether oxygens (including phenoxy) is 1. The topological polar surface area (TPSA) is 96.0 Å². The number of sulfonamides is 1. The highest BCUT2D eigenvalue weighted by Gasteiger charge is 2.36. The first-order valence-electron chi connectivity index (χ1n) is 14.6. The number of hydrogen-bond donors (Lipinski definition) is 1. The number of nitrogens with one attached hydrogen (secondary N) is 1. The van der Waals surface area contributed by atoms with Gasteiger partial charge in [0.2, 0.25) is 11.8 Å². The van der Waals surface area contributed by atoms with Gasteiger partial charge in [-0.3, -0.25) is 13.9 Å². The lowest BCUT2D eigenvalue weighted by molar-refractivity contribution is -0.140. The average molecular weight is 727 g/mol. The maximum atomic E-state index is 14.6. The largest absolute Gasteiger partial charge is 0.495 e. The molecule has 1 atom stereocenters. The first-order valence-corrected chi connectivity index (χ1v) is 17.2. The van der Waals surface area contributed by atoms with Crippen molar-refractivity contribution in [2.24, 2.45) is 0 Å². The van der Waals surface area contributed by atoms with Gasteiger partial charge in [-0.15, -0.1) is 0 Å². The summed E-state index contributed by atoms with van der Waals surface area (Å²) in [7, 11) is -2.89. The summed E-state index contributed by atoms with van der Waals surface area (Å²) >= 11 is 9.80. The maximum absolute atomic E-state index is 14.6. The molecule has 0 spiro atoms. The fourth-order valence-electron chi connectivity index (χ4n) is 4.88. The third kappa shape index (κ3) is 9.11. The van der Waals surface area contributed by atoms with Gasteiger partial charge in [-0.1, -0.05) is 88.2 Å². The van der Waals surface area contributed by atoms with E-state index in [1.54, 1.807) is 30.3 Å². The maximum Gasteiger partial charge on any atom is 0.264 e. The molecule has 4 rings (SSSR count). The summed E-state index contributed by atoms with van der Waals surface area (Å²) < 4.78 is 35.8. The van der Waals surface area contributed by atoms with Crippen LogP contribution in [0.15, 0.2) is 112 Å². The van der Waals surface area contributed by atoms with E-state index in [0.29, 0.717) is 0 Å². The van der Waals surface area contributed by atoms with E-state index in [1.807, 2.05) is 75.4 Å². The second-order valence-electron chi connectivity index (χ2n) is 11.7. The molecule has 4 aromatic carbocycles. The summed E-state index contributed by atoms with van der Waals surface area (Å²) in [4.78, 5) is 30.0. The van der Waals surface area contributed by atoms with Crippen LogP contribution in [0.1, 0.15) is 31.9 Å². The van der Waals surface area contributed by atoms with Crippen LogP contribution in [-0.4, -0.2) is 50.4 Å². The highest BCUT2D eigenvalue weighted by molar-refractivity contribution is 9.10. The molecule has 0 radical (unpaired) electrons. The number of rotatable bonds is 12. The van der Waals surface area contributed by atoms with Crippen molar-refractivity contribution in [1.82, 2.24) is 10.2 Å². The predicted molar refractivity (Wildman–Crippen MR) is 185 cm³/mol. The second-order valence-corrected chi connectivity index (χ2v) is 14.9. The fourth-order valence-corrected chi connectivity index (χ4v) is 6.75. The third-order valence-corrected chi connectivity index (χ3v) is 9.59. The van der Waals surface area contributed by atoms with Crippen LogP contribution in [-0.2, 0) is 32.6 Å². The lowest BCUT2D eigenvalue weighted by atomic mass is 10.0. The summed E-state index contributed by atoms with van der Waals surface area (Å²) in [5.74, 6) is -0.739. The van der Waals surface area contributed by atoms with Crippen LogP contribution in [0.2, 0.25) is 5.02 Å². The van der Waals surface area contributed by atoms with Crippen molar-refractivity contribution in [3.63, 3.8) is 0 Å². The van der Waals surface area contributed by atoms with Crippen LogP contribution in [0.25, 0.3) is 0 Å². The normalized spacial score (nSPS) is 12.2. The zero-order chi connectivity index (χ0) is 33.5. The Hall–Kier alpha value is -3.86. The van der Waals surface area contributed by atoms with E-state index in [0.717, 1.165) is 19.9 Å². The molecule has 0 aliphatic carbocycles. The van der Waals surface area contributed by atoms with Gasteiger partial charge >= 0.3 is 0 Å². The van der Waals surface area contributed by atoms with E-state index in [-0.39, 0.29) is 40.2 Å². The SMILES string of the molecule is COc1ccc(Cl)cc1N(CC(=O)N(Cc1ccc(Br)cc1)[C@H](Cc1ccccc1)C(=O)NC(C)(C)C)S(=O)(=O)c1ccccc1. The molecule has 1 N–H and O–H groups in total. The van der Waals surface area contributed by atoms with Crippen molar-refractivity contribution in [3.8, 4) is 5.75 Å². The Kier molecular flexibility index (Phi) is 11.5. The Balaban J connectivity index is 1.85. The Bertz CT molecular complexity index is 1750. The van der Waals surface area contributed by atoms with Gasteiger partial charge in [0.25, 0.3) is 10.0 Å². The summed E-state index contributed by atoms with van der Waals surface area (Å²) in [5.41, 5.74) is 1.11. The smallest absolute Gasteiger partial charge is 0.264 e. The number of anilines is 1. The standard InChI is InChI=1S/C35H37BrClN3O5S/c1-35(2,3)38-34(42)31(21-25-11-7-5-8-12-25)39(23-26-15-17-27(36)18-16-26)33(41)24-40(30-22-28(37)19-20-32(30)45-4)46(43,44)29-13-9-6-10-14-29/h5-20,22,31H,21,23-24H2,1-4H3,(H,38,42)/t31-/m1/s1. The van der Waals surface area contributed by atoms with E-state index < -0.39 is 34.1 Å². The number of hydrogen-bond acceptors (Lipinski definition) is 5. The fraction of sp³-hybridized carbons (Fsp3) is 0.257. The van der Waals surface area contributed by atoms with Crippen LogP contribution in [0.3, 0.4) is 0 Å². The number of carbonyl (C=O) groups excluding carboxylic acids is 2. The van der Waals surface area contributed by atoms with Gasteiger partial charge < -0.3 is 15.0 Å². The minimum atomic E-state index is -4.30. The van der Waals surface area contributed by atoms with Gasteiger partial charge in [0.15, 0.2) is 0 Å². The molecule has 0 aliphatic heterocycles. The van der Waals surface area contributed by atoms with Crippen LogP contribution >= 0.6 is 27.5 Å². The van der Waals surface area contributed by atoms with Crippen LogP contribution < -0.4 is 14.4 Å². The molecule has 0 aromatic heterocycles. The number of carbonyl (C=O) groups is 2. The quantitative estimate of drug-likeness (QED) is 0.172. The third-order valence-electron chi connectivity index (χ3n) is 7.06. The van der Waals surface area contributed by atoms with Crippen molar-refractivity contribution in [3.05, 3.63) is 124 Å². The summed E-state index contributed by atoms with van der Waals surface area (Å²) in [6.45, 7) is 5.02. The first kappa shape index (κ1) is 35.0. The van der Waals surface area contributed by atoms with E-state index in [4.69, 9.17) is 16.3 Å². The Morgan fingerprint density at radius 2 is 1.50 bits per heavy atom. The molecular weight excluding hydrogens is 690 g/mol. The van der Waals surface area contributed by atoms with Crippen molar-refractivity contribution in [1.29, 1.82) is 0 Å². The van der Waals surface area contributed by atoms with Crippen molar-refractivity contribution in [2.45, 2.75) is 50.2 Å². The number of nitrogens with zero attached hydrogens (tertiary/aromatic N) is 2. The summed E-state index contributed by atoms with van der Waals surface area (Å²) in [5, 5.41) is 3.29. The van der Waals surface area contributed by atoms with Crippen molar-refractivity contribution in [2.75, 3.05) is 18.0 Å². The van der Waals surface area contributed by atoms with Crippen LogP contribution in [0, 0.1) is 0 Å². The zero-order valence-electron chi connectivity index (χ0n) is 26.1. The number of amides is 2. The molecule has 0 saturated carbocycles. The van der Waals surface area contributed by atoms with Crippen LogP contribution in [0.5, 0.6) is 5.75 Å². The number of halogens is 2. The highest BCUT2D eigenvalue weighted by atomic mass is 79.9. The lowest BCUT2D eigenvalue weighted by Crippen LogP contribution is -2.56. The highest BCUT2D eigenvalue weighted by Crippen LogP contribution is 2.35. The Morgan fingerprint density at radius 3 is 2.09 bits per heavy atom. The van der Waals surface area contributed by atoms with E-state index in [2.05, 4.69) is 21.2 Å². The minimum absolute atomic E-state index is 0.0180. The molecule has 242 valence electrons. The van der Waals surface area contributed by atoms with Gasteiger partial charge in [-0.05, 0) is 74.4 Å². The number of benzene rings is 4. The van der Waals surface area contributed by atoms with Gasteiger partial charge in [-0.2, -0.15) is 0 Å². The van der Waals surface area contributed by atoms with E-state index in [9.17, 15) is 18.0 Å². The molecule has 0 bridgehead atoms.